The molecule has 0 atom stereocenters. The van der Waals surface area contributed by atoms with Gasteiger partial charge in [-0.25, -0.2) is 0 Å². The van der Waals surface area contributed by atoms with Crippen LogP contribution in [-0.2, 0) is 0 Å². The molecule has 0 heterocycles. The van der Waals surface area contributed by atoms with Crippen molar-refractivity contribution in [1.29, 1.82) is 0 Å². The third-order valence-corrected chi connectivity index (χ3v) is 5.00. The summed E-state index contributed by atoms with van der Waals surface area (Å²) in [7, 11) is 1.31. The summed E-state index contributed by atoms with van der Waals surface area (Å²) in [6.07, 6.45) is -0.203. The van der Waals surface area contributed by atoms with Gasteiger partial charge in [-0.2, -0.15) is 0 Å². The first-order valence-electron chi connectivity index (χ1n) is 10.8. The smallest absolute Gasteiger partial charge is 0.259 e. The van der Waals surface area contributed by atoms with Gasteiger partial charge in [-0.05, 0) is 75.4 Å². The molecule has 0 unspecified atom stereocenters. The van der Waals surface area contributed by atoms with Crippen molar-refractivity contribution >= 4 is 34.7 Å². The largest absolute Gasteiger partial charge is 0.504 e. The van der Waals surface area contributed by atoms with E-state index >= 15 is 0 Å². The van der Waals surface area contributed by atoms with Gasteiger partial charge in [0.25, 0.3) is 11.8 Å². The number of ether oxygens (including phenoxy) is 2. The fraction of sp³-hybridized carbons (Fsp3) is 0.192. The van der Waals surface area contributed by atoms with Crippen LogP contribution in [0.4, 0.5) is 17.1 Å². The number of benzene rings is 3. The molecule has 2 amide bonds. The lowest BCUT2D eigenvalue weighted by atomic mass is 10.1. The molecule has 3 aromatic carbocycles. The van der Waals surface area contributed by atoms with E-state index in [0.29, 0.717) is 28.3 Å². The highest BCUT2D eigenvalue weighted by Crippen LogP contribution is 2.38. The van der Waals surface area contributed by atoms with Crippen LogP contribution in [0.1, 0.15) is 51.8 Å². The van der Waals surface area contributed by atoms with E-state index in [0.717, 1.165) is 0 Å². The van der Waals surface area contributed by atoms with E-state index in [9.17, 15) is 19.5 Å². The summed E-state index contributed by atoms with van der Waals surface area (Å²) in [5, 5.41) is 16.1. The number of carbonyl (C=O) groups is 3. The molecular formula is C26H27N3O6. The lowest BCUT2D eigenvalue weighted by molar-refractivity contribution is 0.101. The molecule has 9 nitrogen and oxygen atoms in total. The molecule has 9 heteroatoms. The Morgan fingerprint density at radius 1 is 0.886 bits per heavy atom. The standard InChI is InChI=1S/C26H27N3O6/c1-14(2)35-22-13-17(15(3)30)7-11-20(22)28-26(33)19-10-12-21(24(34-4)23(19)31)29-25(32)16-5-8-18(27)9-6-16/h5-14,31H,27H2,1-4H3,(H,28,33)(H,29,32). The summed E-state index contributed by atoms with van der Waals surface area (Å²) in [4.78, 5) is 37.3. The van der Waals surface area contributed by atoms with Gasteiger partial charge in [0.2, 0.25) is 0 Å². The van der Waals surface area contributed by atoms with Crippen LogP contribution in [0.3, 0.4) is 0 Å². The van der Waals surface area contributed by atoms with Crippen LogP contribution in [-0.4, -0.2) is 35.9 Å². The SMILES string of the molecule is COc1c(NC(=O)c2ccc(N)cc2)ccc(C(=O)Nc2ccc(C(C)=O)cc2OC(C)C)c1O. The molecule has 3 rings (SSSR count). The number of nitrogens with two attached hydrogens (primary N) is 1. The Hall–Kier alpha value is -4.53. The Balaban J connectivity index is 1.88. The van der Waals surface area contributed by atoms with Gasteiger partial charge < -0.3 is 30.9 Å². The number of phenols is 1. The van der Waals surface area contributed by atoms with Gasteiger partial charge in [0.1, 0.15) is 5.75 Å². The van der Waals surface area contributed by atoms with E-state index in [4.69, 9.17) is 15.2 Å². The molecule has 3 aromatic rings. The molecule has 182 valence electrons. The van der Waals surface area contributed by atoms with Gasteiger partial charge in [0, 0.05) is 16.8 Å². The highest BCUT2D eigenvalue weighted by Gasteiger charge is 2.21. The number of phenolic OH excluding ortho intramolecular Hbond substituents is 1. The molecule has 35 heavy (non-hydrogen) atoms. The van der Waals surface area contributed by atoms with Crippen molar-refractivity contribution in [3.63, 3.8) is 0 Å². The number of Topliss-reactive ketones (excluding diaryl/α,β-unsaturated/α-hetero) is 1. The van der Waals surface area contributed by atoms with Crippen LogP contribution in [0.5, 0.6) is 17.2 Å². The van der Waals surface area contributed by atoms with E-state index < -0.39 is 17.6 Å². The zero-order chi connectivity index (χ0) is 25.7. The minimum Gasteiger partial charge on any atom is -0.504 e. The first kappa shape index (κ1) is 25.1. The minimum atomic E-state index is -0.638. The number of aromatic hydroxyl groups is 1. The number of hydrogen-bond acceptors (Lipinski definition) is 7. The van der Waals surface area contributed by atoms with Crippen molar-refractivity contribution < 1.29 is 29.0 Å². The quantitative estimate of drug-likeness (QED) is 0.277. The summed E-state index contributed by atoms with van der Waals surface area (Å²) in [5.74, 6) is -1.43. The van der Waals surface area contributed by atoms with Crippen LogP contribution >= 0.6 is 0 Å². The molecule has 5 N–H and O–H groups in total. The number of nitrogen functional groups attached to an aromatic ring is 1. The van der Waals surface area contributed by atoms with E-state index in [1.54, 1.807) is 42.5 Å². The first-order chi connectivity index (χ1) is 16.6. The zero-order valence-electron chi connectivity index (χ0n) is 19.8. The second-order valence-corrected chi connectivity index (χ2v) is 8.01. The number of nitrogens with one attached hydrogen (secondary N) is 2. The molecule has 0 aromatic heterocycles. The van der Waals surface area contributed by atoms with E-state index in [1.807, 2.05) is 13.8 Å². The van der Waals surface area contributed by atoms with Gasteiger partial charge in [0.15, 0.2) is 17.3 Å². The zero-order valence-corrected chi connectivity index (χ0v) is 19.8. The van der Waals surface area contributed by atoms with Crippen molar-refractivity contribution in [1.82, 2.24) is 0 Å². The average molecular weight is 478 g/mol. The normalized spacial score (nSPS) is 10.5. The highest BCUT2D eigenvalue weighted by molar-refractivity contribution is 6.10. The van der Waals surface area contributed by atoms with Gasteiger partial charge >= 0.3 is 0 Å². The van der Waals surface area contributed by atoms with Gasteiger partial charge in [-0.15, -0.1) is 0 Å². The number of methoxy groups -OCH3 is 1. The van der Waals surface area contributed by atoms with Crippen LogP contribution in [0.25, 0.3) is 0 Å². The van der Waals surface area contributed by atoms with E-state index in [-0.39, 0.29) is 28.9 Å². The maximum atomic E-state index is 13.0. The molecule has 0 aliphatic heterocycles. The first-order valence-corrected chi connectivity index (χ1v) is 10.8. The predicted molar refractivity (Wildman–Crippen MR) is 134 cm³/mol. The van der Waals surface area contributed by atoms with Crippen molar-refractivity contribution in [3.8, 4) is 17.2 Å². The number of rotatable bonds is 8. The lowest BCUT2D eigenvalue weighted by Crippen LogP contribution is -2.16. The fourth-order valence-electron chi connectivity index (χ4n) is 3.27. The maximum absolute atomic E-state index is 13.0. The van der Waals surface area contributed by atoms with Crippen molar-refractivity contribution in [2.45, 2.75) is 26.9 Å². The van der Waals surface area contributed by atoms with Crippen molar-refractivity contribution in [2.75, 3.05) is 23.5 Å². The second-order valence-electron chi connectivity index (χ2n) is 8.01. The summed E-state index contributed by atoms with van der Waals surface area (Å²) in [5.41, 5.74) is 7.38. The molecule has 0 radical (unpaired) electrons. The molecule has 0 saturated heterocycles. The molecule has 0 bridgehead atoms. The van der Waals surface area contributed by atoms with E-state index in [1.165, 1.54) is 26.2 Å². The number of carbonyl (C=O) groups excluding carboxylic acids is 3. The fourth-order valence-corrected chi connectivity index (χ4v) is 3.27. The van der Waals surface area contributed by atoms with Crippen LogP contribution in [0, 0.1) is 0 Å². The molecule has 0 aliphatic rings. The summed E-state index contributed by atoms with van der Waals surface area (Å²) >= 11 is 0. The molecule has 0 spiro atoms. The van der Waals surface area contributed by atoms with Crippen LogP contribution < -0.4 is 25.8 Å². The highest BCUT2D eigenvalue weighted by atomic mass is 16.5. The lowest BCUT2D eigenvalue weighted by Gasteiger charge is -2.17. The third kappa shape index (κ3) is 5.89. The number of ketones is 1. The number of amides is 2. The van der Waals surface area contributed by atoms with Crippen molar-refractivity contribution in [2.24, 2.45) is 0 Å². The van der Waals surface area contributed by atoms with E-state index in [2.05, 4.69) is 10.6 Å². The Morgan fingerprint density at radius 3 is 2.09 bits per heavy atom. The predicted octanol–water partition coefficient (Wildman–Crippen LogP) is 4.48. The minimum absolute atomic E-state index is 0.0768. The number of anilines is 3. The monoisotopic (exact) mass is 477 g/mol. The van der Waals surface area contributed by atoms with Crippen LogP contribution in [0.2, 0.25) is 0 Å². The third-order valence-electron chi connectivity index (χ3n) is 5.00. The molecule has 0 saturated carbocycles. The van der Waals surface area contributed by atoms with Gasteiger partial charge in [-0.3, -0.25) is 14.4 Å². The Kier molecular flexibility index (Phi) is 7.60. The molecule has 0 fully saturated rings. The molecular weight excluding hydrogens is 450 g/mol. The van der Waals surface area contributed by atoms with Gasteiger partial charge in [0.05, 0.1) is 30.2 Å². The Bertz CT molecular complexity index is 1270. The Labute approximate surface area is 202 Å². The number of hydrogen-bond donors (Lipinski definition) is 4. The van der Waals surface area contributed by atoms with Gasteiger partial charge in [-0.1, -0.05) is 0 Å². The maximum Gasteiger partial charge on any atom is 0.259 e. The summed E-state index contributed by atoms with van der Waals surface area (Å²) in [6, 6.07) is 13.8. The van der Waals surface area contributed by atoms with Crippen molar-refractivity contribution in [3.05, 3.63) is 71.3 Å². The topological polar surface area (TPSA) is 140 Å². The average Bonchev–Trinajstić information content (AvgIpc) is 2.80. The van der Waals surface area contributed by atoms with Crippen LogP contribution in [0.15, 0.2) is 54.6 Å². The summed E-state index contributed by atoms with van der Waals surface area (Å²) in [6.45, 7) is 5.07. The summed E-state index contributed by atoms with van der Waals surface area (Å²) < 4.78 is 11.0. The Morgan fingerprint density at radius 2 is 1.49 bits per heavy atom. The second kappa shape index (κ2) is 10.6. The molecule has 0 aliphatic carbocycles.